The van der Waals surface area contributed by atoms with Crippen molar-refractivity contribution < 1.29 is 9.53 Å². The van der Waals surface area contributed by atoms with E-state index in [9.17, 15) is 9.59 Å². The Morgan fingerprint density at radius 3 is 2.81 bits per heavy atom. The van der Waals surface area contributed by atoms with Gasteiger partial charge in [-0.25, -0.2) is 4.98 Å². The first-order chi connectivity index (χ1) is 10.1. The Hall–Kier alpha value is -2.63. The van der Waals surface area contributed by atoms with Crippen LogP contribution >= 0.6 is 0 Å². The van der Waals surface area contributed by atoms with Crippen LogP contribution < -0.4 is 15.6 Å². The zero-order valence-corrected chi connectivity index (χ0v) is 11.9. The number of hydrogen-bond acceptors (Lipinski definition) is 4. The molecule has 21 heavy (non-hydrogen) atoms. The topological polar surface area (TPSA) is 84.1 Å². The SMILES string of the molecule is CC(C)Oc1ccc(CNC(=O)c2ccc[nH]c2=O)cn1. The molecule has 0 saturated heterocycles. The highest BCUT2D eigenvalue weighted by molar-refractivity contribution is 5.93. The van der Waals surface area contributed by atoms with E-state index in [0.717, 1.165) is 5.56 Å². The molecule has 6 heteroatoms. The minimum atomic E-state index is -0.417. The zero-order chi connectivity index (χ0) is 15.2. The number of H-pyrrole nitrogens is 1. The summed E-state index contributed by atoms with van der Waals surface area (Å²) in [5, 5.41) is 2.68. The van der Waals surface area contributed by atoms with Gasteiger partial charge in [0.15, 0.2) is 0 Å². The molecule has 0 radical (unpaired) electrons. The highest BCUT2D eigenvalue weighted by atomic mass is 16.5. The van der Waals surface area contributed by atoms with Crippen LogP contribution in [0.15, 0.2) is 41.5 Å². The summed E-state index contributed by atoms with van der Waals surface area (Å²) in [6, 6.07) is 6.65. The lowest BCUT2D eigenvalue weighted by Crippen LogP contribution is -2.28. The summed E-state index contributed by atoms with van der Waals surface area (Å²) in [7, 11) is 0. The molecule has 0 fully saturated rings. The van der Waals surface area contributed by atoms with Crippen molar-refractivity contribution in [3.05, 3.63) is 58.1 Å². The molecule has 0 aliphatic carbocycles. The number of nitrogens with one attached hydrogen (secondary N) is 2. The molecule has 0 aliphatic rings. The number of pyridine rings is 2. The molecule has 0 spiro atoms. The standard InChI is InChI=1S/C15H17N3O3/c1-10(2)21-13-6-5-11(8-17-13)9-18-15(20)12-4-3-7-16-14(12)19/h3-8,10H,9H2,1-2H3,(H,16,19)(H,18,20). The van der Waals surface area contributed by atoms with Crippen molar-refractivity contribution in [2.45, 2.75) is 26.5 Å². The minimum absolute atomic E-state index is 0.0628. The van der Waals surface area contributed by atoms with Crippen LogP contribution in [0.25, 0.3) is 0 Å². The van der Waals surface area contributed by atoms with Gasteiger partial charge >= 0.3 is 0 Å². The predicted octanol–water partition coefficient (Wildman–Crippen LogP) is 1.49. The second-order valence-corrected chi connectivity index (χ2v) is 4.77. The molecular weight excluding hydrogens is 270 g/mol. The first kappa shape index (κ1) is 14.8. The molecule has 2 aromatic rings. The zero-order valence-electron chi connectivity index (χ0n) is 11.9. The lowest BCUT2D eigenvalue weighted by Gasteiger charge is -2.09. The lowest BCUT2D eigenvalue weighted by molar-refractivity contribution is 0.0949. The number of ether oxygens (including phenoxy) is 1. The van der Waals surface area contributed by atoms with Gasteiger partial charge in [-0.15, -0.1) is 0 Å². The maximum absolute atomic E-state index is 11.9. The van der Waals surface area contributed by atoms with E-state index in [1.165, 1.54) is 12.3 Å². The van der Waals surface area contributed by atoms with Crippen molar-refractivity contribution in [3.63, 3.8) is 0 Å². The van der Waals surface area contributed by atoms with E-state index in [4.69, 9.17) is 4.74 Å². The van der Waals surface area contributed by atoms with E-state index in [2.05, 4.69) is 15.3 Å². The van der Waals surface area contributed by atoms with Gasteiger partial charge in [0, 0.05) is 25.0 Å². The van der Waals surface area contributed by atoms with E-state index < -0.39 is 11.5 Å². The second kappa shape index (κ2) is 6.69. The number of aromatic nitrogens is 2. The van der Waals surface area contributed by atoms with Crippen molar-refractivity contribution in [1.29, 1.82) is 0 Å². The smallest absolute Gasteiger partial charge is 0.260 e. The number of hydrogen-bond donors (Lipinski definition) is 2. The lowest BCUT2D eigenvalue weighted by atomic mass is 10.2. The van der Waals surface area contributed by atoms with Crippen LogP contribution in [0.1, 0.15) is 29.8 Å². The summed E-state index contributed by atoms with van der Waals surface area (Å²) >= 11 is 0. The first-order valence-electron chi connectivity index (χ1n) is 6.64. The number of carbonyl (C=O) groups excluding carboxylic acids is 1. The average Bonchev–Trinajstić information content (AvgIpc) is 2.46. The van der Waals surface area contributed by atoms with Gasteiger partial charge in [-0.05, 0) is 31.5 Å². The number of carbonyl (C=O) groups is 1. The van der Waals surface area contributed by atoms with Crippen molar-refractivity contribution in [2.75, 3.05) is 0 Å². The van der Waals surface area contributed by atoms with Gasteiger partial charge in [0.2, 0.25) is 5.88 Å². The summed E-state index contributed by atoms with van der Waals surface area (Å²) in [6.45, 7) is 4.14. The Balaban J connectivity index is 1.95. The van der Waals surface area contributed by atoms with E-state index in [-0.39, 0.29) is 11.7 Å². The monoisotopic (exact) mass is 287 g/mol. The largest absolute Gasteiger partial charge is 0.475 e. The van der Waals surface area contributed by atoms with Crippen LogP contribution in [0, 0.1) is 0 Å². The van der Waals surface area contributed by atoms with Gasteiger partial charge < -0.3 is 15.0 Å². The van der Waals surface area contributed by atoms with Gasteiger partial charge in [-0.2, -0.15) is 0 Å². The number of amides is 1. The molecule has 2 rings (SSSR count). The van der Waals surface area contributed by atoms with Crippen LogP contribution in [0.3, 0.4) is 0 Å². The maximum Gasteiger partial charge on any atom is 0.260 e. The van der Waals surface area contributed by atoms with Crippen molar-refractivity contribution in [1.82, 2.24) is 15.3 Å². The summed E-state index contributed by atoms with van der Waals surface area (Å²) in [5.41, 5.74) is 0.505. The molecule has 2 N–H and O–H groups in total. The molecule has 0 aromatic carbocycles. The van der Waals surface area contributed by atoms with Crippen molar-refractivity contribution in [3.8, 4) is 5.88 Å². The van der Waals surface area contributed by atoms with Crippen LogP contribution in [0.2, 0.25) is 0 Å². The third kappa shape index (κ3) is 4.17. The number of aromatic amines is 1. The average molecular weight is 287 g/mol. The molecule has 1 amide bonds. The fourth-order valence-corrected chi connectivity index (χ4v) is 1.70. The summed E-state index contributed by atoms with van der Waals surface area (Å²) < 4.78 is 5.44. The minimum Gasteiger partial charge on any atom is -0.475 e. The van der Waals surface area contributed by atoms with Crippen molar-refractivity contribution in [2.24, 2.45) is 0 Å². The Labute approximate surface area is 122 Å². The molecule has 0 bridgehead atoms. The quantitative estimate of drug-likeness (QED) is 0.872. The third-order valence-corrected chi connectivity index (χ3v) is 2.67. The van der Waals surface area contributed by atoms with Crippen LogP contribution in [0.5, 0.6) is 5.88 Å². The molecule has 110 valence electrons. The first-order valence-corrected chi connectivity index (χ1v) is 6.64. The molecule has 2 heterocycles. The fraction of sp³-hybridized carbons (Fsp3) is 0.267. The predicted molar refractivity (Wildman–Crippen MR) is 78.2 cm³/mol. The summed E-state index contributed by atoms with van der Waals surface area (Å²) in [4.78, 5) is 30.0. The normalized spacial score (nSPS) is 10.4. The Bertz CT molecular complexity index is 662. The third-order valence-electron chi connectivity index (χ3n) is 2.67. The second-order valence-electron chi connectivity index (χ2n) is 4.77. The molecule has 2 aromatic heterocycles. The molecule has 6 nitrogen and oxygen atoms in total. The van der Waals surface area contributed by atoms with Crippen LogP contribution in [-0.4, -0.2) is 22.0 Å². The van der Waals surface area contributed by atoms with Gasteiger partial charge in [0.25, 0.3) is 11.5 Å². The summed E-state index contributed by atoms with van der Waals surface area (Å²) in [5.74, 6) is 0.124. The van der Waals surface area contributed by atoms with Gasteiger partial charge in [-0.3, -0.25) is 9.59 Å². The molecule has 0 saturated carbocycles. The molecule has 0 unspecified atom stereocenters. The number of rotatable bonds is 5. The van der Waals surface area contributed by atoms with Gasteiger partial charge in [-0.1, -0.05) is 6.07 Å². The van der Waals surface area contributed by atoms with E-state index in [1.54, 1.807) is 18.3 Å². The number of nitrogens with zero attached hydrogens (tertiary/aromatic N) is 1. The van der Waals surface area contributed by atoms with Gasteiger partial charge in [0.1, 0.15) is 5.56 Å². The van der Waals surface area contributed by atoms with E-state index in [0.29, 0.717) is 12.4 Å². The van der Waals surface area contributed by atoms with Gasteiger partial charge in [0.05, 0.1) is 6.10 Å². The van der Waals surface area contributed by atoms with E-state index >= 15 is 0 Å². The Kier molecular flexibility index (Phi) is 4.71. The Morgan fingerprint density at radius 1 is 1.38 bits per heavy atom. The van der Waals surface area contributed by atoms with Crippen molar-refractivity contribution >= 4 is 5.91 Å². The van der Waals surface area contributed by atoms with E-state index in [1.807, 2.05) is 19.9 Å². The van der Waals surface area contributed by atoms with Crippen LogP contribution in [-0.2, 0) is 6.54 Å². The fourth-order valence-electron chi connectivity index (χ4n) is 1.70. The highest BCUT2D eigenvalue weighted by Gasteiger charge is 2.09. The van der Waals surface area contributed by atoms with Crippen LogP contribution in [0.4, 0.5) is 0 Å². The summed E-state index contributed by atoms with van der Waals surface area (Å²) in [6.07, 6.45) is 3.18. The highest BCUT2D eigenvalue weighted by Crippen LogP contribution is 2.09. The maximum atomic E-state index is 11.9. The molecule has 0 atom stereocenters. The molecule has 0 aliphatic heterocycles. The molecular formula is C15H17N3O3. The Morgan fingerprint density at radius 2 is 2.19 bits per heavy atom.